The van der Waals surface area contributed by atoms with Crippen molar-refractivity contribution in [2.45, 2.75) is 6.42 Å². The van der Waals surface area contributed by atoms with Gasteiger partial charge in [-0.15, -0.1) is 0 Å². The van der Waals surface area contributed by atoms with E-state index in [0.29, 0.717) is 19.6 Å². The first-order chi connectivity index (χ1) is 5.17. The van der Waals surface area contributed by atoms with E-state index in [1.54, 1.807) is 0 Å². The lowest BCUT2D eigenvalue weighted by Gasteiger charge is -2.30. The van der Waals surface area contributed by atoms with Crippen LogP contribution in [0.5, 0.6) is 0 Å². The van der Waals surface area contributed by atoms with Gasteiger partial charge in [0.2, 0.25) is 0 Å². The minimum Gasteiger partial charge on any atom is -0.481 e. The number of rotatable bonds is 2. The molecule has 0 radical (unpaired) electrons. The van der Waals surface area contributed by atoms with Crippen LogP contribution in [0.15, 0.2) is 0 Å². The van der Waals surface area contributed by atoms with E-state index in [-0.39, 0.29) is 12.0 Å². The summed E-state index contributed by atoms with van der Waals surface area (Å²) < 4.78 is 4.93. The molecule has 1 heterocycles. The Balaban J connectivity index is 2.17. The topological polar surface area (TPSA) is 66.8 Å². The molecule has 2 N–H and O–H groups in total. The number of aliphatic carboxylic acids is 1. The quantitative estimate of drug-likeness (QED) is 0.567. The van der Waals surface area contributed by atoms with Gasteiger partial charge in [-0.1, -0.05) is 0 Å². The SMILES string of the molecule is O=C(O)C1(CO)CC12COC2. The van der Waals surface area contributed by atoms with Crippen LogP contribution in [0.4, 0.5) is 0 Å². The van der Waals surface area contributed by atoms with Gasteiger partial charge < -0.3 is 14.9 Å². The van der Waals surface area contributed by atoms with E-state index in [2.05, 4.69) is 0 Å². The van der Waals surface area contributed by atoms with Crippen LogP contribution in [0.2, 0.25) is 0 Å². The Labute approximate surface area is 63.8 Å². The zero-order valence-corrected chi connectivity index (χ0v) is 6.04. The highest BCUT2D eigenvalue weighted by Crippen LogP contribution is 2.67. The minimum absolute atomic E-state index is 0.215. The summed E-state index contributed by atoms with van der Waals surface area (Å²) in [6, 6.07) is 0. The maximum absolute atomic E-state index is 10.7. The van der Waals surface area contributed by atoms with Crippen molar-refractivity contribution in [3.63, 3.8) is 0 Å². The fourth-order valence-electron chi connectivity index (χ4n) is 1.85. The largest absolute Gasteiger partial charge is 0.481 e. The Bertz CT molecular complexity index is 208. The van der Waals surface area contributed by atoms with Gasteiger partial charge in [-0.05, 0) is 6.42 Å². The second kappa shape index (κ2) is 1.76. The number of hydrogen-bond acceptors (Lipinski definition) is 3. The fraction of sp³-hybridized carbons (Fsp3) is 0.857. The van der Waals surface area contributed by atoms with Crippen molar-refractivity contribution < 1.29 is 19.7 Å². The molecule has 62 valence electrons. The van der Waals surface area contributed by atoms with Gasteiger partial charge >= 0.3 is 5.97 Å². The molecule has 2 rings (SSSR count). The first-order valence-corrected chi connectivity index (χ1v) is 3.59. The van der Waals surface area contributed by atoms with E-state index in [9.17, 15) is 4.79 Å². The van der Waals surface area contributed by atoms with Crippen molar-refractivity contribution in [1.29, 1.82) is 0 Å². The van der Waals surface area contributed by atoms with Gasteiger partial charge in [0, 0.05) is 5.41 Å². The van der Waals surface area contributed by atoms with Gasteiger partial charge in [0.1, 0.15) is 5.41 Å². The second-order valence-electron chi connectivity index (χ2n) is 3.50. The van der Waals surface area contributed by atoms with Crippen LogP contribution in [0, 0.1) is 10.8 Å². The van der Waals surface area contributed by atoms with Gasteiger partial charge in [-0.3, -0.25) is 4.79 Å². The smallest absolute Gasteiger partial charge is 0.312 e. The van der Waals surface area contributed by atoms with Gasteiger partial charge in [0.15, 0.2) is 0 Å². The van der Waals surface area contributed by atoms with E-state index in [4.69, 9.17) is 14.9 Å². The molecule has 2 aliphatic rings. The molecule has 0 aromatic carbocycles. The Kier molecular flexibility index (Phi) is 1.13. The molecule has 0 bridgehead atoms. The molecule has 1 saturated heterocycles. The Morgan fingerprint density at radius 2 is 2.18 bits per heavy atom. The molecule has 1 aliphatic carbocycles. The van der Waals surface area contributed by atoms with Crippen molar-refractivity contribution in [3.8, 4) is 0 Å². The standard InChI is InChI=1S/C7H10O4/c8-2-7(5(9)10)1-6(7)3-11-4-6/h8H,1-4H2,(H,9,10). The lowest BCUT2D eigenvalue weighted by Crippen LogP contribution is -2.40. The van der Waals surface area contributed by atoms with Gasteiger partial charge in [0.05, 0.1) is 19.8 Å². The third kappa shape index (κ3) is 0.594. The predicted octanol–water partition coefficient (Wildman–Crippen LogP) is -0.530. The highest BCUT2D eigenvalue weighted by molar-refractivity contribution is 5.80. The number of aliphatic hydroxyl groups is 1. The van der Waals surface area contributed by atoms with E-state index in [0.717, 1.165) is 0 Å². The number of carboxylic acid groups (broad SMARTS) is 1. The Hall–Kier alpha value is -0.610. The molecule has 0 aromatic rings. The van der Waals surface area contributed by atoms with Crippen LogP contribution in [0.3, 0.4) is 0 Å². The van der Waals surface area contributed by atoms with Crippen LogP contribution >= 0.6 is 0 Å². The molecule has 0 amide bonds. The minimum atomic E-state index is -0.886. The maximum atomic E-state index is 10.7. The molecule has 4 heteroatoms. The third-order valence-electron chi connectivity index (χ3n) is 2.97. The molecule has 11 heavy (non-hydrogen) atoms. The number of hydrogen-bond donors (Lipinski definition) is 2. The molecule has 1 atom stereocenters. The number of carbonyl (C=O) groups is 1. The Morgan fingerprint density at radius 3 is 2.27 bits per heavy atom. The molecule has 4 nitrogen and oxygen atoms in total. The third-order valence-corrected chi connectivity index (χ3v) is 2.97. The molecule has 1 unspecified atom stereocenters. The maximum Gasteiger partial charge on any atom is 0.312 e. The average molecular weight is 158 g/mol. The van der Waals surface area contributed by atoms with E-state index < -0.39 is 11.4 Å². The lowest BCUT2D eigenvalue weighted by atomic mass is 9.92. The molecule has 2 fully saturated rings. The van der Waals surface area contributed by atoms with Gasteiger partial charge in [0.25, 0.3) is 0 Å². The second-order valence-corrected chi connectivity index (χ2v) is 3.50. The fourth-order valence-corrected chi connectivity index (χ4v) is 1.85. The molecule has 1 spiro atoms. The summed E-state index contributed by atoms with van der Waals surface area (Å²) >= 11 is 0. The van der Waals surface area contributed by atoms with Crippen molar-refractivity contribution in [1.82, 2.24) is 0 Å². The summed E-state index contributed by atoms with van der Waals surface area (Å²) in [4.78, 5) is 10.7. The highest BCUT2D eigenvalue weighted by Gasteiger charge is 2.75. The average Bonchev–Trinajstić information content (AvgIpc) is 2.56. The normalized spacial score (nSPS) is 38.3. The molecular weight excluding hydrogens is 148 g/mol. The van der Waals surface area contributed by atoms with Crippen molar-refractivity contribution >= 4 is 5.97 Å². The molecule has 1 saturated carbocycles. The van der Waals surface area contributed by atoms with E-state index in [1.165, 1.54) is 0 Å². The van der Waals surface area contributed by atoms with Crippen LogP contribution in [0.1, 0.15) is 6.42 Å². The summed E-state index contributed by atoms with van der Waals surface area (Å²) in [6.07, 6.45) is 0.575. The number of carboxylic acids is 1. The highest BCUT2D eigenvalue weighted by atomic mass is 16.5. The summed E-state index contributed by atoms with van der Waals surface area (Å²) in [6.45, 7) is 0.741. The first kappa shape index (κ1) is 7.06. The zero-order chi connectivity index (χ0) is 8.11. The molecule has 0 aromatic heterocycles. The summed E-state index contributed by atoms with van der Waals surface area (Å²) in [5.74, 6) is -0.886. The number of ether oxygens (including phenoxy) is 1. The van der Waals surface area contributed by atoms with Crippen LogP contribution < -0.4 is 0 Å². The van der Waals surface area contributed by atoms with Crippen molar-refractivity contribution in [2.75, 3.05) is 19.8 Å². The van der Waals surface area contributed by atoms with Crippen LogP contribution in [0.25, 0.3) is 0 Å². The van der Waals surface area contributed by atoms with Crippen molar-refractivity contribution in [3.05, 3.63) is 0 Å². The lowest BCUT2D eigenvalue weighted by molar-refractivity contribution is -0.154. The first-order valence-electron chi connectivity index (χ1n) is 3.59. The summed E-state index contributed by atoms with van der Waals surface area (Å²) in [5, 5.41) is 17.7. The van der Waals surface area contributed by atoms with E-state index >= 15 is 0 Å². The number of aliphatic hydroxyl groups excluding tert-OH is 1. The van der Waals surface area contributed by atoms with Gasteiger partial charge in [-0.25, -0.2) is 0 Å². The van der Waals surface area contributed by atoms with Crippen molar-refractivity contribution in [2.24, 2.45) is 10.8 Å². The summed E-state index contributed by atoms with van der Waals surface area (Å²) in [5.41, 5.74) is -1.08. The molecular formula is C7H10O4. The Morgan fingerprint density at radius 1 is 1.55 bits per heavy atom. The van der Waals surface area contributed by atoms with E-state index in [1.807, 2.05) is 0 Å². The van der Waals surface area contributed by atoms with Gasteiger partial charge in [-0.2, -0.15) is 0 Å². The molecule has 1 aliphatic heterocycles. The van der Waals surface area contributed by atoms with Crippen LogP contribution in [-0.4, -0.2) is 36.0 Å². The monoisotopic (exact) mass is 158 g/mol. The zero-order valence-electron chi connectivity index (χ0n) is 6.04. The predicted molar refractivity (Wildman–Crippen MR) is 35.0 cm³/mol. The summed E-state index contributed by atoms with van der Waals surface area (Å²) in [7, 11) is 0. The van der Waals surface area contributed by atoms with Crippen LogP contribution in [-0.2, 0) is 9.53 Å².